The van der Waals surface area contributed by atoms with Crippen LogP contribution in [0, 0.1) is 6.92 Å². The molecule has 0 bridgehead atoms. The minimum atomic E-state index is -0.401. The average molecular weight is 506 g/mol. The second kappa shape index (κ2) is 12.0. The molecule has 2 rings (SSSR count). The number of aromatic nitrogens is 1. The molecule has 0 aromatic carbocycles. The van der Waals surface area contributed by atoms with Gasteiger partial charge in [-0.1, -0.05) is 6.92 Å². The summed E-state index contributed by atoms with van der Waals surface area (Å²) in [6, 6.07) is 1.68. The molecule has 0 spiro atoms. The number of nitrogens with zero attached hydrogens (tertiary/aromatic N) is 2. The third-order valence-electron chi connectivity index (χ3n) is 3.69. The van der Waals surface area contributed by atoms with Gasteiger partial charge >= 0.3 is 5.97 Å². The van der Waals surface area contributed by atoms with Gasteiger partial charge in [0.1, 0.15) is 23.6 Å². The first-order chi connectivity index (χ1) is 12.6. The lowest BCUT2D eigenvalue weighted by molar-refractivity contribution is 0.0599. The molecule has 0 saturated carbocycles. The number of halogens is 1. The van der Waals surface area contributed by atoms with Gasteiger partial charge in [0, 0.05) is 30.6 Å². The van der Waals surface area contributed by atoms with Gasteiger partial charge in [-0.15, -0.1) is 35.3 Å². The van der Waals surface area contributed by atoms with Crippen LogP contribution in [0.4, 0.5) is 0 Å². The predicted molar refractivity (Wildman–Crippen MR) is 118 cm³/mol. The smallest absolute Gasteiger partial charge is 0.341 e. The summed E-state index contributed by atoms with van der Waals surface area (Å²) >= 11 is 1.75. The van der Waals surface area contributed by atoms with Crippen LogP contribution in [0.15, 0.2) is 21.7 Å². The summed E-state index contributed by atoms with van der Waals surface area (Å²) in [7, 11) is 1.35. The second-order valence-corrected chi connectivity index (χ2v) is 6.82. The number of thiazole rings is 1. The summed E-state index contributed by atoms with van der Waals surface area (Å²) in [4.78, 5) is 21.9. The first kappa shape index (κ1) is 23.4. The number of aliphatic imine (C=N–C) groups is 1. The van der Waals surface area contributed by atoms with Gasteiger partial charge in [-0.25, -0.2) is 14.8 Å². The molecule has 0 aliphatic carbocycles. The maximum absolute atomic E-state index is 11.6. The Morgan fingerprint density at radius 1 is 1.37 bits per heavy atom. The van der Waals surface area contributed by atoms with Crippen molar-refractivity contribution in [2.24, 2.45) is 4.99 Å². The molecule has 27 heavy (non-hydrogen) atoms. The van der Waals surface area contributed by atoms with E-state index in [0.29, 0.717) is 29.6 Å². The molecule has 2 N–H and O–H groups in total. The van der Waals surface area contributed by atoms with E-state index in [2.05, 4.69) is 27.5 Å². The van der Waals surface area contributed by atoms with Crippen LogP contribution in [-0.4, -0.2) is 37.1 Å². The number of esters is 1. The number of aryl methyl sites for hydroxylation is 2. The molecule has 0 saturated heterocycles. The summed E-state index contributed by atoms with van der Waals surface area (Å²) in [5.41, 5.74) is 0.436. The quantitative estimate of drug-likeness (QED) is 0.247. The molecule has 150 valence electrons. The van der Waals surface area contributed by atoms with Crippen molar-refractivity contribution in [1.82, 2.24) is 15.6 Å². The summed E-state index contributed by atoms with van der Waals surface area (Å²) in [5, 5.41) is 7.61. The molecule has 0 atom stereocenters. The van der Waals surface area contributed by atoms with E-state index in [1.165, 1.54) is 12.0 Å². The molecule has 2 aromatic heterocycles. The topological polar surface area (TPSA) is 88.8 Å². The van der Waals surface area contributed by atoms with E-state index >= 15 is 0 Å². The number of nitrogens with one attached hydrogen (secondary N) is 2. The van der Waals surface area contributed by atoms with Crippen molar-refractivity contribution in [1.29, 1.82) is 0 Å². The SMILES string of the molecule is CCNC(=NCc1cc(C(=O)OC)c(C)o1)NCCc1ncc(CC)s1.I. The highest BCUT2D eigenvalue weighted by Gasteiger charge is 2.15. The minimum absolute atomic E-state index is 0. The lowest BCUT2D eigenvalue weighted by atomic mass is 10.2. The first-order valence-corrected chi connectivity index (χ1v) is 9.52. The molecule has 0 amide bonds. The number of rotatable bonds is 8. The zero-order valence-electron chi connectivity index (χ0n) is 16.1. The predicted octanol–water partition coefficient (Wildman–Crippen LogP) is 3.31. The highest BCUT2D eigenvalue weighted by Crippen LogP contribution is 2.16. The normalized spacial score (nSPS) is 11.0. The van der Waals surface area contributed by atoms with E-state index in [1.54, 1.807) is 24.3 Å². The molecule has 0 aliphatic rings. The van der Waals surface area contributed by atoms with Crippen LogP contribution >= 0.6 is 35.3 Å². The van der Waals surface area contributed by atoms with Crippen LogP contribution in [0.3, 0.4) is 0 Å². The fourth-order valence-electron chi connectivity index (χ4n) is 2.35. The molecule has 9 heteroatoms. The fourth-order valence-corrected chi connectivity index (χ4v) is 3.21. The van der Waals surface area contributed by atoms with Gasteiger partial charge in [0.2, 0.25) is 0 Å². The van der Waals surface area contributed by atoms with E-state index in [-0.39, 0.29) is 24.0 Å². The van der Waals surface area contributed by atoms with Gasteiger partial charge in [-0.3, -0.25) is 0 Å². The monoisotopic (exact) mass is 506 g/mol. The summed E-state index contributed by atoms with van der Waals surface area (Å²) in [6.45, 7) is 7.72. The molecule has 0 aliphatic heterocycles. The molecule has 0 fully saturated rings. The Bertz CT molecular complexity index is 758. The maximum Gasteiger partial charge on any atom is 0.341 e. The zero-order valence-corrected chi connectivity index (χ0v) is 19.3. The van der Waals surface area contributed by atoms with E-state index < -0.39 is 5.97 Å². The molecule has 2 heterocycles. The number of guanidine groups is 1. The Morgan fingerprint density at radius 2 is 2.15 bits per heavy atom. The minimum Gasteiger partial charge on any atom is -0.465 e. The number of furan rings is 1. The summed E-state index contributed by atoms with van der Waals surface area (Å²) in [6.07, 6.45) is 3.81. The van der Waals surface area contributed by atoms with Gasteiger partial charge in [0.25, 0.3) is 0 Å². The first-order valence-electron chi connectivity index (χ1n) is 8.70. The van der Waals surface area contributed by atoms with Crippen LogP contribution in [-0.2, 0) is 24.1 Å². The Morgan fingerprint density at radius 3 is 2.78 bits per heavy atom. The van der Waals surface area contributed by atoms with Crippen molar-refractivity contribution in [2.45, 2.75) is 40.2 Å². The Balaban J connectivity index is 0.00000364. The van der Waals surface area contributed by atoms with E-state index in [4.69, 9.17) is 9.15 Å². The van der Waals surface area contributed by atoms with Crippen LogP contribution in [0.1, 0.15) is 45.6 Å². The van der Waals surface area contributed by atoms with Gasteiger partial charge in [0.05, 0.1) is 12.1 Å². The van der Waals surface area contributed by atoms with E-state index in [1.807, 2.05) is 13.1 Å². The van der Waals surface area contributed by atoms with Crippen LogP contribution in [0.5, 0.6) is 0 Å². The number of carbonyl (C=O) groups is 1. The number of methoxy groups -OCH3 is 1. The van der Waals surface area contributed by atoms with Crippen molar-refractivity contribution in [3.63, 3.8) is 0 Å². The lowest BCUT2D eigenvalue weighted by Gasteiger charge is -2.10. The highest BCUT2D eigenvalue weighted by atomic mass is 127. The number of carbonyl (C=O) groups excluding carboxylic acids is 1. The third-order valence-corrected chi connectivity index (χ3v) is 4.89. The molecule has 0 unspecified atom stereocenters. The number of hydrogen-bond donors (Lipinski definition) is 2. The Hall–Kier alpha value is -1.62. The highest BCUT2D eigenvalue weighted by molar-refractivity contribution is 14.0. The second-order valence-electron chi connectivity index (χ2n) is 5.62. The van der Waals surface area contributed by atoms with Crippen molar-refractivity contribution in [2.75, 3.05) is 20.2 Å². The Kier molecular flexibility index (Phi) is 10.4. The largest absolute Gasteiger partial charge is 0.465 e. The standard InChI is InChI=1S/C18H26N4O3S.HI/c1-5-14-11-21-16(26-14)7-8-20-18(19-6-2)22-10-13-9-15(12(3)25-13)17(23)24-4;/h9,11H,5-8,10H2,1-4H3,(H2,19,20,22);1H. The molecular weight excluding hydrogens is 479 g/mol. The van der Waals surface area contributed by atoms with Gasteiger partial charge in [0.15, 0.2) is 5.96 Å². The summed E-state index contributed by atoms with van der Waals surface area (Å²) in [5.74, 6) is 1.46. The van der Waals surface area contributed by atoms with Crippen molar-refractivity contribution in [3.8, 4) is 0 Å². The van der Waals surface area contributed by atoms with Crippen molar-refractivity contribution >= 4 is 47.2 Å². The third kappa shape index (κ3) is 7.13. The Labute approximate surface area is 181 Å². The molecule has 2 aromatic rings. The molecule has 0 radical (unpaired) electrons. The van der Waals surface area contributed by atoms with Crippen molar-refractivity contribution in [3.05, 3.63) is 39.2 Å². The number of ether oxygens (including phenoxy) is 1. The maximum atomic E-state index is 11.6. The lowest BCUT2D eigenvalue weighted by Crippen LogP contribution is -2.38. The van der Waals surface area contributed by atoms with Gasteiger partial charge in [-0.05, 0) is 26.3 Å². The zero-order chi connectivity index (χ0) is 18.9. The average Bonchev–Trinajstić information content (AvgIpc) is 3.25. The van der Waals surface area contributed by atoms with Crippen LogP contribution < -0.4 is 10.6 Å². The van der Waals surface area contributed by atoms with Gasteiger partial charge in [-0.2, -0.15) is 0 Å². The van der Waals surface area contributed by atoms with E-state index in [9.17, 15) is 4.79 Å². The van der Waals surface area contributed by atoms with Gasteiger partial charge < -0.3 is 19.8 Å². The molecule has 7 nitrogen and oxygen atoms in total. The van der Waals surface area contributed by atoms with E-state index in [0.717, 1.165) is 30.9 Å². The molecular formula is C18H27IN4O3S. The van der Waals surface area contributed by atoms with Crippen LogP contribution in [0.2, 0.25) is 0 Å². The fraction of sp³-hybridized carbons (Fsp3) is 0.500. The van der Waals surface area contributed by atoms with Crippen molar-refractivity contribution < 1.29 is 13.9 Å². The van der Waals surface area contributed by atoms with Crippen LogP contribution in [0.25, 0.3) is 0 Å². The summed E-state index contributed by atoms with van der Waals surface area (Å²) < 4.78 is 10.3. The number of hydrogen-bond acceptors (Lipinski definition) is 6.